The zero-order chi connectivity index (χ0) is 47.4. The minimum Gasteiger partial charge on any atom is -0.334 e. The number of fused-ring (bicyclic) bond motifs is 8. The maximum absolute atomic E-state index is 2.75. The van der Waals surface area contributed by atoms with Crippen LogP contribution in [0.1, 0.15) is 127 Å². The normalized spacial score (nSPS) is 20.8. The van der Waals surface area contributed by atoms with Crippen molar-refractivity contribution in [1.82, 2.24) is 0 Å². The van der Waals surface area contributed by atoms with Crippen LogP contribution in [-0.2, 0) is 29.1 Å². The van der Waals surface area contributed by atoms with E-state index >= 15 is 0 Å². The summed E-state index contributed by atoms with van der Waals surface area (Å²) in [6.07, 6.45) is 5.80. The molecule has 12 rings (SSSR count). The van der Waals surface area contributed by atoms with E-state index < -0.39 is 0 Å². The highest BCUT2D eigenvalue weighted by atomic mass is 15.3. The van der Waals surface area contributed by atoms with Gasteiger partial charge in [0.15, 0.2) is 0 Å². The molecule has 1 saturated carbocycles. The van der Waals surface area contributed by atoms with Crippen LogP contribution in [0, 0.1) is 19.3 Å². The Morgan fingerprint density at radius 3 is 1.82 bits per heavy atom. The highest BCUT2D eigenvalue weighted by Gasteiger charge is 2.59. The van der Waals surface area contributed by atoms with Gasteiger partial charge in [-0.15, -0.1) is 0 Å². The number of hydrogen-bond donors (Lipinski definition) is 0. The number of benzene rings is 7. The van der Waals surface area contributed by atoms with E-state index in [4.69, 9.17) is 0 Å². The van der Waals surface area contributed by atoms with Crippen molar-refractivity contribution in [3.05, 3.63) is 172 Å². The summed E-state index contributed by atoms with van der Waals surface area (Å²) in [5.41, 5.74) is 27.0. The lowest BCUT2D eigenvalue weighted by Crippen LogP contribution is -2.61. The Morgan fingerprint density at radius 2 is 1.13 bits per heavy atom. The highest BCUT2D eigenvalue weighted by molar-refractivity contribution is 7.00. The van der Waals surface area contributed by atoms with Crippen molar-refractivity contribution in [2.75, 3.05) is 14.7 Å². The minimum absolute atomic E-state index is 0.00369. The zero-order valence-electron chi connectivity index (χ0n) is 42.7. The summed E-state index contributed by atoms with van der Waals surface area (Å²) in [4.78, 5) is 8.09. The van der Waals surface area contributed by atoms with E-state index in [0.29, 0.717) is 0 Å². The monoisotopic (exact) mass is 890 g/mol. The Balaban J connectivity index is 1.16. The van der Waals surface area contributed by atoms with Crippen LogP contribution in [0.2, 0.25) is 0 Å². The first-order valence-electron chi connectivity index (χ1n) is 25.5. The van der Waals surface area contributed by atoms with E-state index in [2.05, 4.69) is 231 Å². The SMILES string of the molecule is Cc1cc2c3c(c1)N(c1ccc(C(C)(C)C)cc1-c1ccccc1)c1cc4c(cc1B3c1ccc(N3c5ccccc5C5(C)CCCC35C)cc1N2c1ccc(C(C)(C)C)cc1C)CC(C)(C)C4. The summed E-state index contributed by atoms with van der Waals surface area (Å²) in [6.45, 7) is 28.7. The molecule has 342 valence electrons. The van der Waals surface area contributed by atoms with Crippen LogP contribution in [0.3, 0.4) is 0 Å². The summed E-state index contributed by atoms with van der Waals surface area (Å²) in [5, 5.41) is 0. The van der Waals surface area contributed by atoms with Crippen molar-refractivity contribution in [2.24, 2.45) is 5.41 Å². The average molecular weight is 890 g/mol. The molecule has 0 N–H and O–H groups in total. The molecule has 3 aliphatic heterocycles. The fourth-order valence-corrected chi connectivity index (χ4v) is 13.7. The van der Waals surface area contributed by atoms with E-state index in [-0.39, 0.29) is 33.9 Å². The van der Waals surface area contributed by atoms with Crippen LogP contribution in [0.5, 0.6) is 0 Å². The van der Waals surface area contributed by atoms with Crippen LogP contribution < -0.4 is 31.1 Å². The molecule has 2 atom stereocenters. The topological polar surface area (TPSA) is 9.72 Å². The molecule has 1 fully saturated rings. The van der Waals surface area contributed by atoms with Gasteiger partial charge in [0.05, 0.1) is 11.2 Å². The van der Waals surface area contributed by atoms with Gasteiger partial charge in [0.25, 0.3) is 6.71 Å². The number of rotatable bonds is 4. The number of nitrogens with zero attached hydrogens (tertiary/aromatic N) is 3. The van der Waals surface area contributed by atoms with Gasteiger partial charge in [-0.25, -0.2) is 0 Å². The fourth-order valence-electron chi connectivity index (χ4n) is 13.7. The number of anilines is 8. The van der Waals surface area contributed by atoms with E-state index in [1.54, 1.807) is 0 Å². The van der Waals surface area contributed by atoms with Gasteiger partial charge in [0.2, 0.25) is 0 Å². The molecule has 3 nitrogen and oxygen atoms in total. The zero-order valence-corrected chi connectivity index (χ0v) is 42.7. The lowest BCUT2D eigenvalue weighted by atomic mass is 9.33. The molecule has 3 heterocycles. The summed E-state index contributed by atoms with van der Waals surface area (Å²) >= 11 is 0. The van der Waals surface area contributed by atoms with Gasteiger partial charge in [0.1, 0.15) is 0 Å². The van der Waals surface area contributed by atoms with Crippen molar-refractivity contribution in [1.29, 1.82) is 0 Å². The summed E-state index contributed by atoms with van der Waals surface area (Å²) in [7, 11) is 0. The van der Waals surface area contributed by atoms with Crippen molar-refractivity contribution >= 4 is 68.6 Å². The van der Waals surface area contributed by atoms with Crippen molar-refractivity contribution in [3.63, 3.8) is 0 Å². The molecule has 0 aromatic heterocycles. The maximum Gasteiger partial charge on any atom is 0.252 e. The maximum atomic E-state index is 2.75. The molecular weight excluding hydrogens is 822 g/mol. The molecule has 0 amide bonds. The van der Waals surface area contributed by atoms with E-state index in [0.717, 1.165) is 12.8 Å². The standard InChI is InChI=1S/C64H68BN3/c1-40-31-57-59-58(32-40)67(53-28-24-46(61(6,7)8)36-48(53)42-19-14-13-15-20-42)55-35-44-39-62(9,10)38-43(44)34-51(55)65(59)50-26-25-47(37-56(50)66(57)52-27-23-45(33-41(52)2)60(3,4)5)68-54-22-17-16-21-49(54)63(11)29-18-30-64(63,68)12/h13-17,19-28,31-37H,18,29-30,38-39H2,1-12H3. The Hall–Kier alpha value is -6.00. The first-order chi connectivity index (χ1) is 32.3. The van der Waals surface area contributed by atoms with Gasteiger partial charge in [-0.05, 0) is 178 Å². The average Bonchev–Trinajstić information content (AvgIpc) is 3.84. The van der Waals surface area contributed by atoms with E-state index in [1.165, 1.54) is 131 Å². The molecule has 7 aromatic carbocycles. The fraction of sp³-hybridized carbons (Fsp3) is 0.344. The third-order valence-electron chi connectivity index (χ3n) is 17.4. The third-order valence-corrected chi connectivity index (χ3v) is 17.4. The first kappa shape index (κ1) is 43.3. The van der Waals surface area contributed by atoms with E-state index in [1.807, 2.05) is 0 Å². The molecule has 68 heavy (non-hydrogen) atoms. The predicted octanol–water partition coefficient (Wildman–Crippen LogP) is 15.1. The third kappa shape index (κ3) is 6.24. The molecule has 0 bridgehead atoms. The number of para-hydroxylation sites is 1. The Labute approximate surface area is 407 Å². The van der Waals surface area contributed by atoms with Crippen LogP contribution in [0.25, 0.3) is 11.1 Å². The lowest BCUT2D eigenvalue weighted by molar-refractivity contribution is 0.330. The summed E-state index contributed by atoms with van der Waals surface area (Å²) in [6, 6.07) is 52.8. The molecule has 4 heteroatoms. The quantitative estimate of drug-likeness (QED) is 0.163. The summed E-state index contributed by atoms with van der Waals surface area (Å²) < 4.78 is 0. The van der Waals surface area contributed by atoms with Gasteiger partial charge >= 0.3 is 0 Å². The van der Waals surface area contributed by atoms with Crippen LogP contribution in [-0.4, -0.2) is 12.3 Å². The lowest BCUT2D eigenvalue weighted by Gasteiger charge is -2.46. The van der Waals surface area contributed by atoms with Crippen molar-refractivity contribution < 1.29 is 0 Å². The molecular formula is C64H68BN3. The van der Waals surface area contributed by atoms with Crippen LogP contribution in [0.15, 0.2) is 133 Å². The Bertz CT molecular complexity index is 3240. The van der Waals surface area contributed by atoms with Crippen LogP contribution >= 0.6 is 0 Å². The molecule has 5 aliphatic rings. The number of hydrogen-bond acceptors (Lipinski definition) is 3. The highest BCUT2D eigenvalue weighted by Crippen LogP contribution is 2.62. The molecule has 0 spiro atoms. The predicted molar refractivity (Wildman–Crippen MR) is 292 cm³/mol. The molecule has 2 aliphatic carbocycles. The summed E-state index contributed by atoms with van der Waals surface area (Å²) in [5.74, 6) is 0. The van der Waals surface area contributed by atoms with Crippen molar-refractivity contribution in [2.45, 2.75) is 137 Å². The van der Waals surface area contributed by atoms with Gasteiger partial charge in [-0.3, -0.25) is 0 Å². The second kappa shape index (κ2) is 14.5. The van der Waals surface area contributed by atoms with Gasteiger partial charge in [-0.2, -0.15) is 0 Å². The molecule has 0 radical (unpaired) electrons. The smallest absolute Gasteiger partial charge is 0.252 e. The van der Waals surface area contributed by atoms with E-state index in [9.17, 15) is 0 Å². The molecule has 2 unspecified atom stereocenters. The van der Waals surface area contributed by atoms with Crippen molar-refractivity contribution in [3.8, 4) is 11.1 Å². The minimum atomic E-state index is -0.0271. The molecule has 0 saturated heterocycles. The first-order valence-corrected chi connectivity index (χ1v) is 25.5. The Morgan fingerprint density at radius 1 is 0.515 bits per heavy atom. The number of aryl methyl sites for hydroxylation is 2. The second-order valence-electron chi connectivity index (χ2n) is 24.7. The second-order valence-corrected chi connectivity index (χ2v) is 24.7. The van der Waals surface area contributed by atoms with Crippen LogP contribution in [0.4, 0.5) is 45.5 Å². The largest absolute Gasteiger partial charge is 0.334 e. The molecule has 7 aromatic rings. The Kier molecular flexibility index (Phi) is 9.24. The van der Waals surface area contributed by atoms with Gasteiger partial charge in [0, 0.05) is 50.8 Å². The van der Waals surface area contributed by atoms with Gasteiger partial charge in [-0.1, -0.05) is 148 Å². The van der Waals surface area contributed by atoms with Gasteiger partial charge < -0.3 is 14.7 Å².